The Morgan fingerprint density at radius 2 is 1.90 bits per heavy atom. The van der Waals surface area contributed by atoms with E-state index in [2.05, 4.69) is 15.1 Å². The van der Waals surface area contributed by atoms with Gasteiger partial charge in [0, 0.05) is 25.2 Å². The Morgan fingerprint density at radius 1 is 1.05 bits per heavy atom. The molecule has 5 heteroatoms. The van der Waals surface area contributed by atoms with E-state index in [-0.39, 0.29) is 5.82 Å². The van der Waals surface area contributed by atoms with Crippen LogP contribution >= 0.6 is 0 Å². The average Bonchev–Trinajstić information content (AvgIpc) is 3.14. The highest BCUT2D eigenvalue weighted by atomic mass is 19.1. The number of fused-ring (bicyclic) bond motifs is 1. The number of hydrogen-bond acceptors (Lipinski definition) is 3. The number of aromatic nitrogens is 3. The van der Waals surface area contributed by atoms with Gasteiger partial charge in [-0.25, -0.2) is 4.39 Å². The lowest BCUT2D eigenvalue weighted by molar-refractivity contribution is 0.625. The van der Waals surface area contributed by atoms with Gasteiger partial charge in [0.25, 0.3) is 0 Å². The molecular weight excluding hydrogens is 267 g/mol. The van der Waals surface area contributed by atoms with Crippen molar-refractivity contribution in [1.82, 2.24) is 14.6 Å². The van der Waals surface area contributed by atoms with E-state index in [0.717, 1.165) is 31.1 Å². The van der Waals surface area contributed by atoms with Gasteiger partial charge in [-0.05, 0) is 36.2 Å². The molecule has 3 aromatic rings. The molecule has 1 aliphatic heterocycles. The van der Waals surface area contributed by atoms with Gasteiger partial charge in [0.1, 0.15) is 5.82 Å². The van der Waals surface area contributed by atoms with Crippen LogP contribution in [-0.4, -0.2) is 27.7 Å². The number of rotatable bonds is 2. The minimum atomic E-state index is -0.183. The van der Waals surface area contributed by atoms with E-state index >= 15 is 0 Å². The molecule has 0 saturated carbocycles. The number of nitrogens with zero attached hydrogens (tertiary/aromatic N) is 4. The van der Waals surface area contributed by atoms with Crippen molar-refractivity contribution in [2.24, 2.45) is 0 Å². The third-order valence-electron chi connectivity index (χ3n) is 4.11. The molecule has 4 rings (SSSR count). The van der Waals surface area contributed by atoms with Gasteiger partial charge in [-0.3, -0.25) is 4.40 Å². The predicted octanol–water partition coefficient (Wildman–Crippen LogP) is 2.86. The minimum Gasteiger partial charge on any atom is -0.340 e. The van der Waals surface area contributed by atoms with Crippen molar-refractivity contribution in [1.29, 1.82) is 0 Å². The highest BCUT2D eigenvalue weighted by Gasteiger charge is 2.26. The molecule has 0 spiro atoms. The second-order valence-corrected chi connectivity index (χ2v) is 5.41. The second-order valence-electron chi connectivity index (χ2n) is 5.41. The zero-order valence-electron chi connectivity index (χ0n) is 11.5. The lowest BCUT2D eigenvalue weighted by Crippen LogP contribution is -2.21. The second kappa shape index (κ2) is 4.84. The summed E-state index contributed by atoms with van der Waals surface area (Å²) in [5.41, 5.74) is 2.05. The maximum atomic E-state index is 13.0. The molecule has 1 aliphatic rings. The Bertz CT molecular complexity index is 765. The molecule has 0 radical (unpaired) electrons. The van der Waals surface area contributed by atoms with E-state index in [1.807, 2.05) is 40.9 Å². The molecule has 0 aliphatic carbocycles. The Labute approximate surface area is 121 Å². The van der Waals surface area contributed by atoms with Crippen molar-refractivity contribution in [2.45, 2.75) is 12.3 Å². The van der Waals surface area contributed by atoms with Crippen LogP contribution in [0.25, 0.3) is 5.65 Å². The van der Waals surface area contributed by atoms with Crippen LogP contribution in [0.2, 0.25) is 0 Å². The van der Waals surface area contributed by atoms with Crippen LogP contribution in [0.15, 0.2) is 48.7 Å². The van der Waals surface area contributed by atoms with Crippen molar-refractivity contribution in [3.63, 3.8) is 0 Å². The molecule has 2 aromatic heterocycles. The third kappa shape index (κ3) is 2.14. The standard InChI is InChI=1S/C16H15FN4/c17-14-6-4-12(5-7-14)13-8-10-20(11-13)16-19-18-15-3-1-2-9-21(15)16/h1-7,9,13H,8,10-11H2. The Balaban J connectivity index is 1.60. The lowest BCUT2D eigenvalue weighted by atomic mass is 9.99. The summed E-state index contributed by atoms with van der Waals surface area (Å²) in [4.78, 5) is 2.24. The first kappa shape index (κ1) is 12.3. The number of pyridine rings is 1. The van der Waals surface area contributed by atoms with Gasteiger partial charge in [0.2, 0.25) is 5.95 Å². The van der Waals surface area contributed by atoms with Crippen molar-refractivity contribution in [2.75, 3.05) is 18.0 Å². The van der Waals surface area contributed by atoms with Gasteiger partial charge in [-0.15, -0.1) is 10.2 Å². The van der Waals surface area contributed by atoms with E-state index in [9.17, 15) is 4.39 Å². The van der Waals surface area contributed by atoms with Gasteiger partial charge in [-0.2, -0.15) is 0 Å². The zero-order chi connectivity index (χ0) is 14.2. The van der Waals surface area contributed by atoms with Crippen molar-refractivity contribution >= 4 is 11.6 Å². The highest BCUT2D eigenvalue weighted by Crippen LogP contribution is 2.30. The molecule has 3 heterocycles. The molecule has 1 aromatic carbocycles. The number of hydrogen-bond donors (Lipinski definition) is 0. The maximum Gasteiger partial charge on any atom is 0.231 e. The van der Waals surface area contributed by atoms with E-state index in [0.29, 0.717) is 5.92 Å². The van der Waals surface area contributed by atoms with Gasteiger partial charge in [0.05, 0.1) is 0 Å². The van der Waals surface area contributed by atoms with Crippen molar-refractivity contribution in [3.8, 4) is 0 Å². The van der Waals surface area contributed by atoms with Crippen LogP contribution in [0.3, 0.4) is 0 Å². The van der Waals surface area contributed by atoms with Crippen molar-refractivity contribution < 1.29 is 4.39 Å². The first-order chi connectivity index (χ1) is 10.3. The van der Waals surface area contributed by atoms with Crippen LogP contribution in [0.4, 0.5) is 10.3 Å². The number of benzene rings is 1. The fraction of sp³-hybridized carbons (Fsp3) is 0.250. The average molecular weight is 282 g/mol. The fourth-order valence-corrected chi connectivity index (χ4v) is 2.99. The number of anilines is 1. The summed E-state index contributed by atoms with van der Waals surface area (Å²) in [6.07, 6.45) is 3.03. The summed E-state index contributed by atoms with van der Waals surface area (Å²) >= 11 is 0. The molecule has 21 heavy (non-hydrogen) atoms. The highest BCUT2D eigenvalue weighted by molar-refractivity contribution is 5.47. The fourth-order valence-electron chi connectivity index (χ4n) is 2.99. The van der Waals surface area contributed by atoms with Gasteiger partial charge >= 0.3 is 0 Å². The summed E-state index contributed by atoms with van der Waals surface area (Å²) in [7, 11) is 0. The van der Waals surface area contributed by atoms with Crippen LogP contribution in [0.1, 0.15) is 17.9 Å². The van der Waals surface area contributed by atoms with Gasteiger partial charge in [-0.1, -0.05) is 18.2 Å². The molecular formula is C16H15FN4. The summed E-state index contributed by atoms with van der Waals surface area (Å²) in [6.45, 7) is 1.83. The maximum absolute atomic E-state index is 13.0. The normalized spacial score (nSPS) is 18.5. The SMILES string of the molecule is Fc1ccc(C2CCN(c3nnc4ccccn34)C2)cc1. The predicted molar refractivity (Wildman–Crippen MR) is 79.0 cm³/mol. The Kier molecular flexibility index (Phi) is 2.84. The quantitative estimate of drug-likeness (QED) is 0.724. The van der Waals surface area contributed by atoms with Crippen LogP contribution in [0.5, 0.6) is 0 Å². The van der Waals surface area contributed by atoms with Gasteiger partial charge < -0.3 is 4.90 Å². The van der Waals surface area contributed by atoms with Crippen LogP contribution < -0.4 is 4.90 Å². The molecule has 1 fully saturated rings. The molecule has 1 saturated heterocycles. The zero-order valence-corrected chi connectivity index (χ0v) is 11.5. The Morgan fingerprint density at radius 3 is 2.76 bits per heavy atom. The summed E-state index contributed by atoms with van der Waals surface area (Å²) < 4.78 is 15.0. The third-order valence-corrected chi connectivity index (χ3v) is 4.11. The monoisotopic (exact) mass is 282 g/mol. The van der Waals surface area contributed by atoms with E-state index in [4.69, 9.17) is 0 Å². The van der Waals surface area contributed by atoms with E-state index < -0.39 is 0 Å². The minimum absolute atomic E-state index is 0.183. The molecule has 4 nitrogen and oxygen atoms in total. The van der Waals surface area contributed by atoms with Crippen molar-refractivity contribution in [3.05, 3.63) is 60.0 Å². The molecule has 0 bridgehead atoms. The molecule has 0 N–H and O–H groups in total. The topological polar surface area (TPSA) is 33.4 Å². The Hall–Kier alpha value is -2.43. The van der Waals surface area contributed by atoms with Crippen LogP contribution in [-0.2, 0) is 0 Å². The molecule has 106 valence electrons. The molecule has 1 atom stereocenters. The van der Waals surface area contributed by atoms with Gasteiger partial charge in [0.15, 0.2) is 5.65 Å². The van der Waals surface area contributed by atoms with E-state index in [1.165, 1.54) is 17.7 Å². The first-order valence-corrected chi connectivity index (χ1v) is 7.11. The summed E-state index contributed by atoms with van der Waals surface area (Å²) in [5, 5.41) is 8.49. The first-order valence-electron chi connectivity index (χ1n) is 7.11. The smallest absolute Gasteiger partial charge is 0.231 e. The van der Waals surface area contributed by atoms with Crippen LogP contribution in [0, 0.1) is 5.82 Å². The summed E-state index contributed by atoms with van der Waals surface area (Å²) in [5.74, 6) is 1.12. The lowest BCUT2D eigenvalue weighted by Gasteiger charge is -2.16. The molecule has 0 amide bonds. The van der Waals surface area contributed by atoms with E-state index in [1.54, 1.807) is 0 Å². The number of halogens is 1. The largest absolute Gasteiger partial charge is 0.340 e. The molecule has 1 unspecified atom stereocenters. The summed E-state index contributed by atoms with van der Waals surface area (Å²) in [6, 6.07) is 12.7.